The normalized spacial score (nSPS) is 22.8. The second-order valence-electron chi connectivity index (χ2n) is 6.94. The standard InChI is InChI=1S/C20H23ClN2O3S2/c1-13(18(25)22-10-5-4-7-15(22)9-11-24)23-19(26)17(28-20(23)27)12-14-6-2-3-8-16(14)21/h2-3,6,8,12-13,15,24H,4-5,7,9-11H2,1H3. The van der Waals surface area contributed by atoms with Crippen LogP contribution in [0.3, 0.4) is 0 Å². The topological polar surface area (TPSA) is 60.9 Å². The van der Waals surface area contributed by atoms with Gasteiger partial charge in [0.2, 0.25) is 5.91 Å². The summed E-state index contributed by atoms with van der Waals surface area (Å²) in [4.78, 5) is 29.8. The van der Waals surface area contributed by atoms with E-state index in [0.29, 0.717) is 27.2 Å². The molecule has 1 aromatic carbocycles. The van der Waals surface area contributed by atoms with Gasteiger partial charge in [0.25, 0.3) is 5.91 Å². The SMILES string of the molecule is CC(C(=O)N1CCCCC1CCO)N1C(=O)C(=Cc2ccccc2Cl)SC1=S. The van der Waals surface area contributed by atoms with Gasteiger partial charge in [-0.05, 0) is 50.3 Å². The Kier molecular flexibility index (Phi) is 7.15. The number of piperidine rings is 1. The number of aliphatic hydroxyl groups is 1. The number of amides is 2. The van der Waals surface area contributed by atoms with E-state index in [2.05, 4.69) is 0 Å². The summed E-state index contributed by atoms with van der Waals surface area (Å²) in [6, 6.07) is 6.61. The summed E-state index contributed by atoms with van der Waals surface area (Å²) in [7, 11) is 0. The van der Waals surface area contributed by atoms with Gasteiger partial charge in [-0.3, -0.25) is 14.5 Å². The van der Waals surface area contributed by atoms with Crippen molar-refractivity contribution in [2.75, 3.05) is 13.2 Å². The highest BCUT2D eigenvalue weighted by Gasteiger charge is 2.41. The van der Waals surface area contributed by atoms with Crippen molar-refractivity contribution in [3.05, 3.63) is 39.8 Å². The quantitative estimate of drug-likeness (QED) is 0.561. The molecule has 0 spiro atoms. The second-order valence-corrected chi connectivity index (χ2v) is 9.03. The Balaban J connectivity index is 1.79. The van der Waals surface area contributed by atoms with Crippen molar-refractivity contribution in [2.24, 2.45) is 0 Å². The lowest BCUT2D eigenvalue weighted by molar-refractivity contribution is -0.142. The number of nitrogens with zero attached hydrogens (tertiary/aromatic N) is 2. The van der Waals surface area contributed by atoms with Gasteiger partial charge in [0, 0.05) is 24.2 Å². The minimum atomic E-state index is -0.677. The lowest BCUT2D eigenvalue weighted by Gasteiger charge is -2.38. The van der Waals surface area contributed by atoms with Crippen LogP contribution in [0.5, 0.6) is 0 Å². The highest BCUT2D eigenvalue weighted by Crippen LogP contribution is 2.35. The largest absolute Gasteiger partial charge is 0.396 e. The van der Waals surface area contributed by atoms with Gasteiger partial charge < -0.3 is 10.0 Å². The number of halogens is 1. The van der Waals surface area contributed by atoms with Crippen molar-refractivity contribution in [2.45, 2.75) is 44.7 Å². The zero-order valence-corrected chi connectivity index (χ0v) is 18.0. The third-order valence-electron chi connectivity index (χ3n) is 5.13. The molecule has 28 heavy (non-hydrogen) atoms. The van der Waals surface area contributed by atoms with Crippen LogP contribution in [-0.2, 0) is 9.59 Å². The number of hydrogen-bond acceptors (Lipinski definition) is 5. The van der Waals surface area contributed by atoms with E-state index in [4.69, 9.17) is 23.8 Å². The summed E-state index contributed by atoms with van der Waals surface area (Å²) < 4.78 is 0.375. The van der Waals surface area contributed by atoms with E-state index >= 15 is 0 Å². The molecule has 5 nitrogen and oxygen atoms in total. The van der Waals surface area contributed by atoms with Crippen LogP contribution in [-0.4, -0.2) is 56.3 Å². The molecule has 2 amide bonds. The van der Waals surface area contributed by atoms with Crippen molar-refractivity contribution in [3.8, 4) is 0 Å². The predicted molar refractivity (Wildman–Crippen MR) is 117 cm³/mol. The van der Waals surface area contributed by atoms with E-state index in [1.807, 2.05) is 18.2 Å². The first-order valence-corrected chi connectivity index (χ1v) is 11.0. The molecule has 1 N–H and O–H groups in total. The maximum Gasteiger partial charge on any atom is 0.266 e. The minimum Gasteiger partial charge on any atom is -0.396 e. The average molecular weight is 439 g/mol. The smallest absolute Gasteiger partial charge is 0.266 e. The highest BCUT2D eigenvalue weighted by molar-refractivity contribution is 8.26. The average Bonchev–Trinajstić information content (AvgIpc) is 2.96. The van der Waals surface area contributed by atoms with Gasteiger partial charge in [0.05, 0.1) is 4.91 Å². The van der Waals surface area contributed by atoms with Crippen LogP contribution < -0.4 is 0 Å². The first-order valence-electron chi connectivity index (χ1n) is 9.37. The van der Waals surface area contributed by atoms with E-state index in [9.17, 15) is 14.7 Å². The van der Waals surface area contributed by atoms with Gasteiger partial charge >= 0.3 is 0 Å². The van der Waals surface area contributed by atoms with Gasteiger partial charge in [-0.15, -0.1) is 0 Å². The third kappa shape index (κ3) is 4.43. The summed E-state index contributed by atoms with van der Waals surface area (Å²) in [6.45, 7) is 2.42. The fourth-order valence-electron chi connectivity index (χ4n) is 3.64. The molecule has 1 aromatic rings. The van der Waals surface area contributed by atoms with Crippen LogP contribution >= 0.6 is 35.6 Å². The fourth-order valence-corrected chi connectivity index (χ4v) is 5.24. The molecule has 0 radical (unpaired) electrons. The predicted octanol–water partition coefficient (Wildman–Crippen LogP) is 3.69. The lowest BCUT2D eigenvalue weighted by atomic mass is 9.98. The van der Waals surface area contributed by atoms with E-state index in [0.717, 1.165) is 24.8 Å². The van der Waals surface area contributed by atoms with E-state index in [1.165, 1.54) is 16.7 Å². The number of benzene rings is 1. The number of rotatable bonds is 5. The van der Waals surface area contributed by atoms with Crippen LogP contribution in [0.4, 0.5) is 0 Å². The zero-order valence-electron chi connectivity index (χ0n) is 15.6. The number of thioether (sulfide) groups is 1. The summed E-state index contributed by atoms with van der Waals surface area (Å²) in [5, 5.41) is 9.86. The molecule has 2 saturated heterocycles. The molecule has 2 fully saturated rings. The number of likely N-dealkylation sites (tertiary alicyclic amines) is 1. The van der Waals surface area contributed by atoms with Gasteiger partial charge in [-0.25, -0.2) is 0 Å². The van der Waals surface area contributed by atoms with Crippen LogP contribution in [0.2, 0.25) is 5.02 Å². The fraction of sp³-hybridized carbons (Fsp3) is 0.450. The number of hydrogen-bond donors (Lipinski definition) is 1. The van der Waals surface area contributed by atoms with Gasteiger partial charge in [-0.1, -0.05) is 53.8 Å². The second kappa shape index (κ2) is 9.39. The van der Waals surface area contributed by atoms with Gasteiger partial charge in [0.15, 0.2) is 0 Å². The monoisotopic (exact) mass is 438 g/mol. The molecule has 0 bridgehead atoms. The third-order valence-corrected chi connectivity index (χ3v) is 6.81. The van der Waals surface area contributed by atoms with E-state index in [1.54, 1.807) is 24.0 Å². The minimum absolute atomic E-state index is 0.0192. The molecule has 2 unspecified atom stereocenters. The number of thiocarbonyl (C=S) groups is 1. The Labute approximate surface area is 179 Å². The van der Waals surface area contributed by atoms with Crippen molar-refractivity contribution in [3.63, 3.8) is 0 Å². The van der Waals surface area contributed by atoms with Crippen LogP contribution in [0.25, 0.3) is 6.08 Å². The number of carbonyl (C=O) groups excluding carboxylic acids is 2. The first-order chi connectivity index (χ1) is 13.4. The molecular formula is C20H23ClN2O3S2. The molecule has 150 valence electrons. The molecule has 2 aliphatic heterocycles. The summed E-state index contributed by atoms with van der Waals surface area (Å²) in [6.07, 6.45) is 5.14. The first kappa shape index (κ1) is 21.3. The van der Waals surface area contributed by atoms with Crippen molar-refractivity contribution in [1.29, 1.82) is 0 Å². The van der Waals surface area contributed by atoms with Crippen LogP contribution in [0, 0.1) is 0 Å². The van der Waals surface area contributed by atoms with Gasteiger partial charge in [0.1, 0.15) is 10.4 Å². The summed E-state index contributed by atoms with van der Waals surface area (Å²) in [5.41, 5.74) is 0.739. The Morgan fingerprint density at radius 1 is 1.43 bits per heavy atom. The molecule has 0 aliphatic carbocycles. The molecular weight excluding hydrogens is 416 g/mol. The molecule has 8 heteroatoms. The van der Waals surface area contributed by atoms with Crippen molar-refractivity contribution >= 4 is 57.8 Å². The maximum absolute atomic E-state index is 13.1. The van der Waals surface area contributed by atoms with Crippen molar-refractivity contribution < 1.29 is 14.7 Å². The Morgan fingerprint density at radius 3 is 2.89 bits per heavy atom. The highest BCUT2D eigenvalue weighted by atomic mass is 35.5. The molecule has 3 rings (SSSR count). The lowest BCUT2D eigenvalue weighted by Crippen LogP contribution is -2.53. The number of aliphatic hydroxyl groups excluding tert-OH is 1. The molecule has 0 saturated carbocycles. The molecule has 2 atom stereocenters. The zero-order chi connectivity index (χ0) is 20.3. The molecule has 0 aromatic heterocycles. The van der Waals surface area contributed by atoms with E-state index < -0.39 is 6.04 Å². The maximum atomic E-state index is 13.1. The van der Waals surface area contributed by atoms with Gasteiger partial charge in [-0.2, -0.15) is 0 Å². The summed E-state index contributed by atoms with van der Waals surface area (Å²) >= 11 is 12.8. The Morgan fingerprint density at radius 2 is 2.18 bits per heavy atom. The molecule has 2 heterocycles. The van der Waals surface area contributed by atoms with Crippen LogP contribution in [0.15, 0.2) is 29.2 Å². The summed E-state index contributed by atoms with van der Waals surface area (Å²) in [5.74, 6) is -0.389. The number of carbonyl (C=O) groups is 2. The molecule has 2 aliphatic rings. The van der Waals surface area contributed by atoms with Crippen molar-refractivity contribution in [1.82, 2.24) is 9.80 Å². The van der Waals surface area contributed by atoms with Crippen LogP contribution in [0.1, 0.15) is 38.2 Å². The Bertz CT molecular complexity index is 812. The Hall–Kier alpha value is -1.41. The van der Waals surface area contributed by atoms with E-state index in [-0.39, 0.29) is 24.5 Å².